The number of nitrogens with zero attached hydrogens (tertiary/aromatic N) is 1. The highest BCUT2D eigenvalue weighted by Gasteiger charge is 2.06. The summed E-state index contributed by atoms with van der Waals surface area (Å²) >= 11 is 6.05. The summed E-state index contributed by atoms with van der Waals surface area (Å²) in [4.78, 5) is 22.5. The first-order valence-electron chi connectivity index (χ1n) is 5.31. The largest absolute Gasteiger partial charge is 0.366 e. The van der Waals surface area contributed by atoms with Crippen molar-refractivity contribution in [3.05, 3.63) is 69.1 Å². The fourth-order valence-electron chi connectivity index (χ4n) is 1.60. The molecular formula is C13H11ClN2O2. The second-order valence-corrected chi connectivity index (χ2v) is 4.24. The van der Waals surface area contributed by atoms with Gasteiger partial charge in [-0.3, -0.25) is 9.59 Å². The van der Waals surface area contributed by atoms with Crippen LogP contribution in [0, 0.1) is 0 Å². The molecule has 5 heteroatoms. The monoisotopic (exact) mass is 262 g/mol. The molecule has 0 aliphatic rings. The van der Waals surface area contributed by atoms with E-state index in [-0.39, 0.29) is 5.56 Å². The van der Waals surface area contributed by atoms with Crippen molar-refractivity contribution in [1.29, 1.82) is 0 Å². The topological polar surface area (TPSA) is 65.1 Å². The van der Waals surface area contributed by atoms with Crippen molar-refractivity contribution >= 4 is 17.5 Å². The van der Waals surface area contributed by atoms with E-state index in [1.807, 2.05) is 0 Å². The van der Waals surface area contributed by atoms with Crippen LogP contribution in [0.15, 0.2) is 47.4 Å². The van der Waals surface area contributed by atoms with Crippen molar-refractivity contribution in [1.82, 2.24) is 4.57 Å². The Morgan fingerprint density at radius 1 is 1.28 bits per heavy atom. The van der Waals surface area contributed by atoms with Crippen LogP contribution in [0.25, 0.3) is 0 Å². The van der Waals surface area contributed by atoms with Gasteiger partial charge in [-0.05, 0) is 23.8 Å². The Morgan fingerprint density at radius 2 is 2.06 bits per heavy atom. The van der Waals surface area contributed by atoms with Crippen LogP contribution in [0.5, 0.6) is 0 Å². The molecule has 0 fully saturated rings. The molecule has 0 atom stereocenters. The molecule has 0 radical (unpaired) electrons. The van der Waals surface area contributed by atoms with Gasteiger partial charge in [0.25, 0.3) is 5.56 Å². The number of halogens is 1. The standard InChI is InChI=1S/C13H11ClN2O2/c14-11-7-9(13(15)18)4-5-10(11)8-16-6-2-1-3-12(16)17/h1-7H,8H2,(H2,15,18). The predicted molar refractivity (Wildman–Crippen MR) is 69.8 cm³/mol. The van der Waals surface area contributed by atoms with Crippen LogP contribution in [0.3, 0.4) is 0 Å². The Labute approximate surface area is 109 Å². The van der Waals surface area contributed by atoms with Crippen molar-refractivity contribution in [2.75, 3.05) is 0 Å². The van der Waals surface area contributed by atoms with E-state index in [0.717, 1.165) is 5.56 Å². The number of benzene rings is 1. The van der Waals surface area contributed by atoms with Gasteiger partial charge in [0.15, 0.2) is 0 Å². The number of aromatic nitrogens is 1. The Hall–Kier alpha value is -2.07. The number of hydrogen-bond donors (Lipinski definition) is 1. The van der Waals surface area contributed by atoms with Gasteiger partial charge in [0.05, 0.1) is 6.54 Å². The summed E-state index contributed by atoms with van der Waals surface area (Å²) in [6.07, 6.45) is 1.68. The Bertz CT molecular complexity index is 649. The molecule has 0 spiro atoms. The molecule has 1 amide bonds. The quantitative estimate of drug-likeness (QED) is 0.914. The van der Waals surface area contributed by atoms with Crippen molar-refractivity contribution < 1.29 is 4.79 Å². The van der Waals surface area contributed by atoms with Gasteiger partial charge < -0.3 is 10.3 Å². The lowest BCUT2D eigenvalue weighted by atomic mass is 10.1. The van der Waals surface area contributed by atoms with Crippen molar-refractivity contribution in [3.63, 3.8) is 0 Å². The van der Waals surface area contributed by atoms with Gasteiger partial charge >= 0.3 is 0 Å². The summed E-state index contributed by atoms with van der Waals surface area (Å²) in [6.45, 7) is 0.359. The van der Waals surface area contributed by atoms with E-state index in [9.17, 15) is 9.59 Å². The molecular weight excluding hydrogens is 252 g/mol. The average molecular weight is 263 g/mol. The molecule has 0 saturated carbocycles. The highest BCUT2D eigenvalue weighted by atomic mass is 35.5. The third kappa shape index (κ3) is 2.60. The normalized spacial score (nSPS) is 10.3. The molecule has 1 aromatic carbocycles. The lowest BCUT2D eigenvalue weighted by Crippen LogP contribution is -2.18. The van der Waals surface area contributed by atoms with E-state index in [1.54, 1.807) is 30.5 Å². The van der Waals surface area contributed by atoms with Gasteiger partial charge in [-0.2, -0.15) is 0 Å². The first-order chi connectivity index (χ1) is 8.58. The van der Waals surface area contributed by atoms with Crippen LogP contribution < -0.4 is 11.3 Å². The third-order valence-corrected chi connectivity index (χ3v) is 2.93. The molecule has 2 N–H and O–H groups in total. The van der Waals surface area contributed by atoms with Gasteiger partial charge in [0.2, 0.25) is 5.91 Å². The highest BCUT2D eigenvalue weighted by molar-refractivity contribution is 6.31. The maximum Gasteiger partial charge on any atom is 0.250 e. The third-order valence-electron chi connectivity index (χ3n) is 2.58. The van der Waals surface area contributed by atoms with E-state index in [0.29, 0.717) is 17.1 Å². The van der Waals surface area contributed by atoms with Gasteiger partial charge in [-0.1, -0.05) is 23.7 Å². The van der Waals surface area contributed by atoms with E-state index in [1.165, 1.54) is 16.7 Å². The minimum atomic E-state index is -0.527. The maximum absolute atomic E-state index is 11.6. The van der Waals surface area contributed by atoms with Crippen LogP contribution >= 0.6 is 11.6 Å². The molecule has 4 nitrogen and oxygen atoms in total. The minimum absolute atomic E-state index is 0.104. The maximum atomic E-state index is 11.6. The molecule has 2 aromatic rings. The number of amides is 1. The van der Waals surface area contributed by atoms with Crippen molar-refractivity contribution in [2.45, 2.75) is 6.54 Å². The average Bonchev–Trinajstić information content (AvgIpc) is 2.34. The predicted octanol–water partition coefficient (Wildman–Crippen LogP) is 1.65. The van der Waals surface area contributed by atoms with E-state index in [2.05, 4.69) is 0 Å². The zero-order valence-electron chi connectivity index (χ0n) is 9.47. The number of carbonyl (C=O) groups is 1. The highest BCUT2D eigenvalue weighted by Crippen LogP contribution is 2.18. The van der Waals surface area contributed by atoms with Crippen LogP contribution in [-0.2, 0) is 6.54 Å². The number of carbonyl (C=O) groups excluding carboxylic acids is 1. The fourth-order valence-corrected chi connectivity index (χ4v) is 1.84. The number of primary amides is 1. The Kier molecular flexibility index (Phi) is 3.48. The second kappa shape index (κ2) is 5.06. The molecule has 0 aliphatic heterocycles. The first-order valence-corrected chi connectivity index (χ1v) is 5.69. The van der Waals surface area contributed by atoms with Gasteiger partial charge in [-0.25, -0.2) is 0 Å². The van der Waals surface area contributed by atoms with E-state index >= 15 is 0 Å². The smallest absolute Gasteiger partial charge is 0.250 e. The number of rotatable bonds is 3. The zero-order valence-corrected chi connectivity index (χ0v) is 10.2. The van der Waals surface area contributed by atoms with Crippen LogP contribution in [-0.4, -0.2) is 10.5 Å². The Morgan fingerprint density at radius 3 is 2.67 bits per heavy atom. The summed E-state index contributed by atoms with van der Waals surface area (Å²) in [5, 5.41) is 0.419. The van der Waals surface area contributed by atoms with Crippen molar-refractivity contribution in [2.24, 2.45) is 5.73 Å². The van der Waals surface area contributed by atoms with E-state index in [4.69, 9.17) is 17.3 Å². The molecule has 1 aromatic heterocycles. The Balaban J connectivity index is 2.33. The molecule has 1 heterocycles. The molecule has 18 heavy (non-hydrogen) atoms. The molecule has 92 valence electrons. The molecule has 0 unspecified atom stereocenters. The molecule has 0 aliphatic carbocycles. The summed E-state index contributed by atoms with van der Waals surface area (Å²) in [6, 6.07) is 9.72. The van der Waals surface area contributed by atoms with Gasteiger partial charge in [0.1, 0.15) is 0 Å². The van der Waals surface area contributed by atoms with Crippen LogP contribution in [0.2, 0.25) is 5.02 Å². The summed E-state index contributed by atoms with van der Waals surface area (Å²) in [7, 11) is 0. The number of hydrogen-bond acceptors (Lipinski definition) is 2. The van der Waals surface area contributed by atoms with E-state index < -0.39 is 5.91 Å². The lowest BCUT2D eigenvalue weighted by molar-refractivity contribution is 0.100. The molecule has 2 rings (SSSR count). The summed E-state index contributed by atoms with van der Waals surface area (Å²) in [5.74, 6) is -0.527. The number of pyridine rings is 1. The lowest BCUT2D eigenvalue weighted by Gasteiger charge is -2.08. The second-order valence-electron chi connectivity index (χ2n) is 3.84. The fraction of sp³-hybridized carbons (Fsp3) is 0.0769. The first kappa shape index (κ1) is 12.4. The summed E-state index contributed by atoms with van der Waals surface area (Å²) in [5.41, 5.74) is 6.16. The molecule has 0 saturated heterocycles. The van der Waals surface area contributed by atoms with Crippen molar-refractivity contribution in [3.8, 4) is 0 Å². The van der Waals surface area contributed by atoms with Gasteiger partial charge in [0, 0.05) is 22.8 Å². The SMILES string of the molecule is NC(=O)c1ccc(Cn2ccccc2=O)c(Cl)c1. The summed E-state index contributed by atoms with van der Waals surface area (Å²) < 4.78 is 1.53. The zero-order chi connectivity index (χ0) is 13.1. The minimum Gasteiger partial charge on any atom is -0.366 e. The van der Waals surface area contributed by atoms with Crippen LogP contribution in [0.1, 0.15) is 15.9 Å². The van der Waals surface area contributed by atoms with Gasteiger partial charge in [-0.15, -0.1) is 0 Å². The number of nitrogens with two attached hydrogens (primary N) is 1. The molecule has 0 bridgehead atoms. The van der Waals surface area contributed by atoms with Crippen LogP contribution in [0.4, 0.5) is 0 Å².